The molecular formula is C9H14N4O. The molecule has 0 bridgehead atoms. The summed E-state index contributed by atoms with van der Waals surface area (Å²) in [5, 5.41) is 5.56. The topological polar surface area (TPSA) is 66.9 Å². The number of nitrogens with zero attached hydrogens (tertiary/aromatic N) is 2. The fraction of sp³-hybridized carbons (Fsp3) is 0.444. The van der Waals surface area contributed by atoms with Gasteiger partial charge in [-0.2, -0.15) is 0 Å². The monoisotopic (exact) mass is 194 g/mol. The molecule has 0 aliphatic heterocycles. The smallest absolute Gasteiger partial charge is 0.240 e. The first-order valence-electron chi connectivity index (χ1n) is 4.60. The van der Waals surface area contributed by atoms with E-state index in [2.05, 4.69) is 20.6 Å². The molecule has 1 amide bonds. The van der Waals surface area contributed by atoms with Crippen molar-refractivity contribution in [1.82, 2.24) is 15.3 Å². The largest absolute Gasteiger partial charge is 0.308 e. The number of rotatable bonds is 5. The van der Waals surface area contributed by atoms with E-state index in [-0.39, 0.29) is 5.91 Å². The maximum atomic E-state index is 11.2. The molecule has 2 N–H and O–H groups in total. The van der Waals surface area contributed by atoms with Gasteiger partial charge in [0.2, 0.25) is 11.9 Å². The molecule has 5 nitrogen and oxygen atoms in total. The van der Waals surface area contributed by atoms with Gasteiger partial charge in [-0.3, -0.25) is 10.1 Å². The van der Waals surface area contributed by atoms with E-state index in [1.807, 2.05) is 6.92 Å². The lowest BCUT2D eigenvalue weighted by Crippen LogP contribution is -2.29. The van der Waals surface area contributed by atoms with Gasteiger partial charge in [-0.15, -0.1) is 0 Å². The zero-order valence-corrected chi connectivity index (χ0v) is 8.16. The highest BCUT2D eigenvalue weighted by molar-refractivity contribution is 5.90. The van der Waals surface area contributed by atoms with E-state index < -0.39 is 0 Å². The normalized spacial score (nSPS) is 9.79. The van der Waals surface area contributed by atoms with E-state index >= 15 is 0 Å². The third-order valence-corrected chi connectivity index (χ3v) is 1.53. The highest BCUT2D eigenvalue weighted by Crippen LogP contribution is 1.92. The van der Waals surface area contributed by atoms with Crippen LogP contribution in [0, 0.1) is 0 Å². The zero-order chi connectivity index (χ0) is 10.2. The number of amides is 1. The Hall–Kier alpha value is -1.49. The Bertz CT molecular complexity index is 275. The van der Waals surface area contributed by atoms with Crippen LogP contribution in [0.3, 0.4) is 0 Å². The van der Waals surface area contributed by atoms with Crippen LogP contribution in [0.25, 0.3) is 0 Å². The molecule has 0 aromatic carbocycles. The van der Waals surface area contributed by atoms with Crippen molar-refractivity contribution in [3.05, 3.63) is 18.5 Å². The lowest BCUT2D eigenvalue weighted by molar-refractivity contribution is -0.115. The number of hydrogen-bond acceptors (Lipinski definition) is 4. The fourth-order valence-corrected chi connectivity index (χ4v) is 0.911. The molecule has 0 saturated carbocycles. The molecule has 0 radical (unpaired) electrons. The lowest BCUT2D eigenvalue weighted by atomic mass is 10.4. The summed E-state index contributed by atoms with van der Waals surface area (Å²) in [4.78, 5) is 19.0. The first-order valence-corrected chi connectivity index (χ1v) is 4.60. The standard InChI is InChI=1S/C9H14N4O/c1-2-4-10-7-8(14)13-9-11-5-3-6-12-9/h3,5-6,10H,2,4,7H2,1H3,(H,11,12,13,14). The van der Waals surface area contributed by atoms with Gasteiger partial charge in [-0.25, -0.2) is 9.97 Å². The minimum atomic E-state index is -0.121. The third kappa shape index (κ3) is 3.95. The summed E-state index contributed by atoms with van der Waals surface area (Å²) in [6.07, 6.45) is 4.18. The number of nitrogens with one attached hydrogen (secondary N) is 2. The Labute approximate surface area is 83.0 Å². The highest BCUT2D eigenvalue weighted by atomic mass is 16.2. The van der Waals surface area contributed by atoms with E-state index in [4.69, 9.17) is 0 Å². The second-order valence-corrected chi connectivity index (χ2v) is 2.80. The van der Waals surface area contributed by atoms with Gasteiger partial charge in [-0.1, -0.05) is 6.92 Å². The SMILES string of the molecule is CCCNCC(=O)Nc1ncccn1. The van der Waals surface area contributed by atoms with Crippen molar-refractivity contribution >= 4 is 11.9 Å². The molecule has 0 aliphatic rings. The van der Waals surface area contributed by atoms with Gasteiger partial charge < -0.3 is 5.32 Å². The van der Waals surface area contributed by atoms with E-state index in [9.17, 15) is 4.79 Å². The van der Waals surface area contributed by atoms with Gasteiger partial charge in [0.25, 0.3) is 0 Å². The van der Waals surface area contributed by atoms with Crippen LogP contribution >= 0.6 is 0 Å². The molecule has 0 atom stereocenters. The maximum absolute atomic E-state index is 11.2. The van der Waals surface area contributed by atoms with E-state index in [1.54, 1.807) is 18.5 Å². The Morgan fingerprint density at radius 2 is 2.14 bits per heavy atom. The summed E-state index contributed by atoms with van der Waals surface area (Å²) < 4.78 is 0. The van der Waals surface area contributed by atoms with Gasteiger partial charge in [0.05, 0.1) is 6.54 Å². The number of anilines is 1. The quantitative estimate of drug-likeness (QED) is 0.666. The number of aromatic nitrogens is 2. The molecule has 76 valence electrons. The number of carbonyl (C=O) groups excluding carboxylic acids is 1. The van der Waals surface area contributed by atoms with Crippen LogP contribution in [0.5, 0.6) is 0 Å². The molecular weight excluding hydrogens is 180 g/mol. The van der Waals surface area contributed by atoms with Crippen molar-refractivity contribution < 1.29 is 4.79 Å². The molecule has 0 aliphatic carbocycles. The molecule has 1 aromatic rings. The van der Waals surface area contributed by atoms with Gasteiger partial charge >= 0.3 is 0 Å². The highest BCUT2D eigenvalue weighted by Gasteiger charge is 2.01. The summed E-state index contributed by atoms with van der Waals surface area (Å²) in [5.74, 6) is 0.223. The Morgan fingerprint density at radius 3 is 2.79 bits per heavy atom. The molecule has 0 unspecified atom stereocenters. The van der Waals surface area contributed by atoms with Crippen LogP contribution in [-0.2, 0) is 4.79 Å². The molecule has 14 heavy (non-hydrogen) atoms. The van der Waals surface area contributed by atoms with Crippen LogP contribution in [0.4, 0.5) is 5.95 Å². The van der Waals surface area contributed by atoms with Crippen molar-refractivity contribution in [1.29, 1.82) is 0 Å². The Balaban J connectivity index is 2.27. The predicted octanol–water partition coefficient (Wildman–Crippen LogP) is 0.415. The van der Waals surface area contributed by atoms with Gasteiger partial charge in [0, 0.05) is 12.4 Å². The van der Waals surface area contributed by atoms with Crippen LogP contribution in [0.15, 0.2) is 18.5 Å². The van der Waals surface area contributed by atoms with Crippen molar-refractivity contribution in [3.63, 3.8) is 0 Å². The second-order valence-electron chi connectivity index (χ2n) is 2.80. The van der Waals surface area contributed by atoms with E-state index in [0.717, 1.165) is 13.0 Å². The minimum absolute atomic E-state index is 0.121. The molecule has 1 heterocycles. The fourth-order valence-electron chi connectivity index (χ4n) is 0.911. The lowest BCUT2D eigenvalue weighted by Gasteiger charge is -2.03. The molecule has 1 rings (SSSR count). The molecule has 5 heteroatoms. The number of hydrogen-bond donors (Lipinski definition) is 2. The van der Waals surface area contributed by atoms with Gasteiger partial charge in [0.15, 0.2) is 0 Å². The zero-order valence-electron chi connectivity index (χ0n) is 8.16. The first kappa shape index (κ1) is 10.6. The minimum Gasteiger partial charge on any atom is -0.308 e. The second kappa shape index (κ2) is 6.04. The third-order valence-electron chi connectivity index (χ3n) is 1.53. The summed E-state index contributed by atoms with van der Waals surface area (Å²) in [6.45, 7) is 3.18. The van der Waals surface area contributed by atoms with Crippen LogP contribution in [-0.4, -0.2) is 29.0 Å². The van der Waals surface area contributed by atoms with E-state index in [1.165, 1.54) is 0 Å². The van der Waals surface area contributed by atoms with Crippen LogP contribution in [0.2, 0.25) is 0 Å². The van der Waals surface area contributed by atoms with Gasteiger partial charge in [-0.05, 0) is 19.0 Å². The summed E-state index contributed by atoms with van der Waals surface area (Å²) >= 11 is 0. The average molecular weight is 194 g/mol. The molecule has 0 saturated heterocycles. The average Bonchev–Trinajstić information content (AvgIpc) is 2.20. The predicted molar refractivity (Wildman–Crippen MR) is 53.8 cm³/mol. The van der Waals surface area contributed by atoms with Crippen molar-refractivity contribution in [3.8, 4) is 0 Å². The molecule has 0 spiro atoms. The first-order chi connectivity index (χ1) is 6.83. The Morgan fingerprint density at radius 1 is 1.43 bits per heavy atom. The maximum Gasteiger partial charge on any atom is 0.240 e. The molecule has 1 aromatic heterocycles. The van der Waals surface area contributed by atoms with E-state index in [0.29, 0.717) is 12.5 Å². The Kier molecular flexibility index (Phi) is 4.57. The number of carbonyl (C=O) groups is 1. The molecule has 0 fully saturated rings. The summed E-state index contributed by atoms with van der Waals surface area (Å²) in [5.41, 5.74) is 0. The van der Waals surface area contributed by atoms with Crippen LogP contribution < -0.4 is 10.6 Å². The summed E-state index contributed by atoms with van der Waals surface area (Å²) in [7, 11) is 0. The van der Waals surface area contributed by atoms with Crippen molar-refractivity contribution in [2.45, 2.75) is 13.3 Å². The van der Waals surface area contributed by atoms with Gasteiger partial charge in [0.1, 0.15) is 0 Å². The van der Waals surface area contributed by atoms with Crippen LogP contribution in [0.1, 0.15) is 13.3 Å². The summed E-state index contributed by atoms with van der Waals surface area (Å²) in [6, 6.07) is 1.70. The van der Waals surface area contributed by atoms with Crippen molar-refractivity contribution in [2.24, 2.45) is 0 Å². The van der Waals surface area contributed by atoms with Crippen molar-refractivity contribution in [2.75, 3.05) is 18.4 Å².